The first-order valence-electron chi connectivity index (χ1n) is 4.37. The third-order valence-electron chi connectivity index (χ3n) is 1.97. The zero-order valence-electron chi connectivity index (χ0n) is 8.19. The van der Waals surface area contributed by atoms with Crippen LogP contribution >= 0.6 is 11.3 Å². The van der Waals surface area contributed by atoms with E-state index in [9.17, 15) is 0 Å². The average molecular weight is 208 g/mol. The molecule has 0 aliphatic rings. The van der Waals surface area contributed by atoms with Crippen LogP contribution in [0.2, 0.25) is 0 Å². The van der Waals surface area contributed by atoms with Crippen LogP contribution in [0, 0.1) is 13.8 Å². The predicted molar refractivity (Wildman–Crippen MR) is 57.3 cm³/mol. The van der Waals surface area contributed by atoms with E-state index in [0.717, 1.165) is 17.2 Å². The van der Waals surface area contributed by atoms with Crippen LogP contribution in [0.3, 0.4) is 0 Å². The Kier molecular flexibility index (Phi) is 2.25. The zero-order chi connectivity index (χ0) is 10.1. The molecular formula is C9H12N4S. The van der Waals surface area contributed by atoms with Crippen LogP contribution in [0.15, 0.2) is 12.3 Å². The number of nitrogen functional groups attached to an aromatic ring is 1. The van der Waals surface area contributed by atoms with Crippen molar-refractivity contribution in [1.29, 1.82) is 0 Å². The summed E-state index contributed by atoms with van der Waals surface area (Å²) in [5.74, 6) is 0.559. The molecule has 2 aromatic heterocycles. The minimum absolute atomic E-state index is 0.559. The minimum Gasteiger partial charge on any atom is -0.382 e. The predicted octanol–water partition coefficient (Wildman–Crippen LogP) is 1.59. The Morgan fingerprint density at radius 1 is 1.50 bits per heavy atom. The fourth-order valence-corrected chi connectivity index (χ4v) is 2.26. The first kappa shape index (κ1) is 9.21. The molecule has 4 nitrogen and oxygen atoms in total. The van der Waals surface area contributed by atoms with E-state index in [2.05, 4.69) is 10.1 Å². The second kappa shape index (κ2) is 3.42. The summed E-state index contributed by atoms with van der Waals surface area (Å²) in [6.45, 7) is 4.79. The van der Waals surface area contributed by atoms with E-state index in [1.54, 1.807) is 17.4 Å². The molecule has 74 valence electrons. The highest BCUT2D eigenvalue weighted by Crippen LogP contribution is 2.18. The molecule has 0 saturated heterocycles. The van der Waals surface area contributed by atoms with Crippen LogP contribution < -0.4 is 5.73 Å². The molecule has 0 atom stereocenters. The van der Waals surface area contributed by atoms with Crippen LogP contribution in [0.5, 0.6) is 0 Å². The van der Waals surface area contributed by atoms with Gasteiger partial charge in [-0.25, -0.2) is 4.98 Å². The van der Waals surface area contributed by atoms with E-state index in [4.69, 9.17) is 5.73 Å². The molecule has 0 spiro atoms. The van der Waals surface area contributed by atoms with Crippen molar-refractivity contribution in [1.82, 2.24) is 14.8 Å². The maximum Gasteiger partial charge on any atom is 0.145 e. The summed E-state index contributed by atoms with van der Waals surface area (Å²) in [6.07, 6.45) is 1.88. The third-order valence-corrected chi connectivity index (χ3v) is 3.02. The summed E-state index contributed by atoms with van der Waals surface area (Å²) in [5.41, 5.74) is 6.62. The van der Waals surface area contributed by atoms with Gasteiger partial charge in [0.1, 0.15) is 5.82 Å². The Hall–Kier alpha value is -1.36. The number of anilines is 1. The molecule has 2 heterocycles. The van der Waals surface area contributed by atoms with Gasteiger partial charge in [-0.05, 0) is 19.9 Å². The number of rotatable bonds is 2. The molecule has 0 fully saturated rings. The van der Waals surface area contributed by atoms with Gasteiger partial charge in [-0.2, -0.15) is 5.10 Å². The molecule has 5 heteroatoms. The zero-order valence-corrected chi connectivity index (χ0v) is 9.01. The molecule has 0 radical (unpaired) electrons. The van der Waals surface area contributed by atoms with Crippen molar-refractivity contribution in [3.05, 3.63) is 27.8 Å². The van der Waals surface area contributed by atoms with E-state index in [-0.39, 0.29) is 0 Å². The number of nitrogens with zero attached hydrogens (tertiary/aromatic N) is 3. The molecule has 2 aromatic rings. The van der Waals surface area contributed by atoms with E-state index in [1.807, 2.05) is 24.7 Å². The van der Waals surface area contributed by atoms with E-state index in [1.165, 1.54) is 4.88 Å². The molecule has 2 N–H and O–H groups in total. The molecule has 0 saturated carbocycles. The quantitative estimate of drug-likeness (QED) is 0.815. The summed E-state index contributed by atoms with van der Waals surface area (Å²) in [5, 5.41) is 5.22. The SMILES string of the molecule is Cc1nc(C)c(Cn2ccc(N)n2)s1. The van der Waals surface area contributed by atoms with Gasteiger partial charge in [0.15, 0.2) is 0 Å². The van der Waals surface area contributed by atoms with Gasteiger partial charge in [-0.15, -0.1) is 11.3 Å². The van der Waals surface area contributed by atoms with Crippen LogP contribution in [-0.2, 0) is 6.54 Å². The van der Waals surface area contributed by atoms with Crippen molar-refractivity contribution in [3.63, 3.8) is 0 Å². The highest BCUT2D eigenvalue weighted by molar-refractivity contribution is 7.11. The van der Waals surface area contributed by atoms with Crippen molar-refractivity contribution < 1.29 is 0 Å². The maximum atomic E-state index is 5.53. The van der Waals surface area contributed by atoms with Crippen molar-refractivity contribution in [3.8, 4) is 0 Å². The smallest absolute Gasteiger partial charge is 0.145 e. The summed E-state index contributed by atoms with van der Waals surface area (Å²) in [7, 11) is 0. The van der Waals surface area contributed by atoms with Gasteiger partial charge >= 0.3 is 0 Å². The summed E-state index contributed by atoms with van der Waals surface area (Å²) >= 11 is 1.71. The molecule has 0 bridgehead atoms. The van der Waals surface area contributed by atoms with Crippen LogP contribution in [0.1, 0.15) is 15.6 Å². The number of hydrogen-bond acceptors (Lipinski definition) is 4. The largest absolute Gasteiger partial charge is 0.382 e. The highest BCUT2D eigenvalue weighted by Gasteiger charge is 2.05. The second-order valence-corrected chi connectivity index (χ2v) is 4.47. The molecule has 0 aliphatic carbocycles. The second-order valence-electron chi connectivity index (χ2n) is 3.18. The lowest BCUT2D eigenvalue weighted by Gasteiger charge is -1.98. The average Bonchev–Trinajstić information content (AvgIpc) is 2.61. The van der Waals surface area contributed by atoms with Crippen molar-refractivity contribution in [2.45, 2.75) is 20.4 Å². The van der Waals surface area contributed by atoms with Crippen molar-refractivity contribution in [2.75, 3.05) is 5.73 Å². The van der Waals surface area contributed by atoms with Crippen molar-refractivity contribution >= 4 is 17.2 Å². The monoisotopic (exact) mass is 208 g/mol. The fourth-order valence-electron chi connectivity index (χ4n) is 1.33. The number of aromatic nitrogens is 3. The normalized spacial score (nSPS) is 10.7. The summed E-state index contributed by atoms with van der Waals surface area (Å²) < 4.78 is 1.83. The van der Waals surface area contributed by atoms with E-state index in [0.29, 0.717) is 5.82 Å². The minimum atomic E-state index is 0.559. The van der Waals surface area contributed by atoms with Gasteiger partial charge in [0.25, 0.3) is 0 Å². The molecule has 2 rings (SSSR count). The van der Waals surface area contributed by atoms with Crippen LogP contribution in [0.4, 0.5) is 5.82 Å². The molecule has 0 aromatic carbocycles. The van der Waals surface area contributed by atoms with Gasteiger partial charge < -0.3 is 5.73 Å². The molecule has 14 heavy (non-hydrogen) atoms. The Morgan fingerprint density at radius 3 is 2.79 bits per heavy atom. The summed E-state index contributed by atoms with van der Waals surface area (Å²) in [4.78, 5) is 5.60. The number of aryl methyl sites for hydroxylation is 2. The highest BCUT2D eigenvalue weighted by atomic mass is 32.1. The Morgan fingerprint density at radius 2 is 2.29 bits per heavy atom. The van der Waals surface area contributed by atoms with Crippen LogP contribution in [0.25, 0.3) is 0 Å². The first-order chi connectivity index (χ1) is 6.65. The number of nitrogens with two attached hydrogens (primary N) is 1. The lowest BCUT2D eigenvalue weighted by atomic mass is 10.4. The van der Waals surface area contributed by atoms with Gasteiger partial charge in [0.05, 0.1) is 17.2 Å². The first-order valence-corrected chi connectivity index (χ1v) is 5.18. The maximum absolute atomic E-state index is 5.53. The van der Waals surface area contributed by atoms with Gasteiger partial charge in [-0.1, -0.05) is 0 Å². The number of hydrogen-bond donors (Lipinski definition) is 1. The third kappa shape index (κ3) is 1.77. The summed E-state index contributed by atoms with van der Waals surface area (Å²) in [6, 6.07) is 1.79. The molecule has 0 unspecified atom stereocenters. The molecule has 0 aliphatic heterocycles. The van der Waals surface area contributed by atoms with E-state index >= 15 is 0 Å². The Balaban J connectivity index is 2.22. The van der Waals surface area contributed by atoms with Crippen molar-refractivity contribution in [2.24, 2.45) is 0 Å². The van der Waals surface area contributed by atoms with Gasteiger partial charge in [0.2, 0.25) is 0 Å². The molecule has 0 amide bonds. The van der Waals surface area contributed by atoms with Crippen LogP contribution in [-0.4, -0.2) is 14.8 Å². The Bertz CT molecular complexity index is 443. The van der Waals surface area contributed by atoms with Gasteiger partial charge in [-0.3, -0.25) is 4.68 Å². The molecular weight excluding hydrogens is 196 g/mol. The lowest BCUT2D eigenvalue weighted by Crippen LogP contribution is -2.00. The fraction of sp³-hybridized carbons (Fsp3) is 0.333. The standard InChI is InChI=1S/C9H12N4S/c1-6-8(14-7(2)11-6)5-13-4-3-9(10)12-13/h3-4H,5H2,1-2H3,(H2,10,12). The topological polar surface area (TPSA) is 56.7 Å². The lowest BCUT2D eigenvalue weighted by molar-refractivity contribution is 0.694. The Labute approximate surface area is 86.4 Å². The van der Waals surface area contributed by atoms with E-state index < -0.39 is 0 Å². The number of thiazole rings is 1. The van der Waals surface area contributed by atoms with Gasteiger partial charge in [0, 0.05) is 11.1 Å².